The summed E-state index contributed by atoms with van der Waals surface area (Å²) in [4.78, 5) is 11.3. The summed E-state index contributed by atoms with van der Waals surface area (Å²) in [5, 5.41) is 2.40. The molecule has 0 amide bonds. The van der Waals surface area contributed by atoms with E-state index in [0.717, 1.165) is 30.7 Å². The second kappa shape index (κ2) is 12.6. The third-order valence-corrected chi connectivity index (χ3v) is 10.5. The van der Waals surface area contributed by atoms with Gasteiger partial charge < -0.3 is 9.47 Å². The van der Waals surface area contributed by atoms with Gasteiger partial charge in [0.25, 0.3) is 0 Å². The van der Waals surface area contributed by atoms with Crippen molar-refractivity contribution in [3.63, 3.8) is 0 Å². The number of thiol groups is 1. The minimum absolute atomic E-state index is 0.269. The average Bonchev–Trinajstić information content (AvgIpc) is 3.67. The molecule has 4 aromatic carbocycles. The summed E-state index contributed by atoms with van der Waals surface area (Å²) >= 11 is 4.44. The van der Waals surface area contributed by atoms with Crippen LogP contribution in [0.25, 0.3) is 38.6 Å². The number of allylic oxidation sites excluding steroid dienone is 2. The van der Waals surface area contributed by atoms with Crippen LogP contribution in [0.3, 0.4) is 0 Å². The topological polar surface area (TPSA) is 34.0 Å². The number of hydrogen-bond donors (Lipinski definition) is 1. The molecule has 0 fully saturated rings. The van der Waals surface area contributed by atoms with Gasteiger partial charge in [0.15, 0.2) is 0 Å². The summed E-state index contributed by atoms with van der Waals surface area (Å²) in [5.74, 6) is 1.23. The summed E-state index contributed by atoms with van der Waals surface area (Å²) < 4.78 is 2.33. The Morgan fingerprint density at radius 1 is 0.653 bits per heavy atom. The lowest BCUT2D eigenvalue weighted by Crippen LogP contribution is -2.29. The summed E-state index contributed by atoms with van der Waals surface area (Å²) in [5.41, 5.74) is 13.7. The van der Waals surface area contributed by atoms with Crippen molar-refractivity contribution in [1.82, 2.24) is 14.5 Å². The number of benzene rings is 4. The Bertz CT molecular complexity index is 2300. The predicted molar refractivity (Wildman–Crippen MR) is 206 cm³/mol. The number of aromatic nitrogens is 3. The number of fused-ring (bicyclic) bond motifs is 6. The van der Waals surface area contributed by atoms with Crippen LogP contribution in [-0.2, 0) is 6.42 Å². The molecule has 9 rings (SSSR count). The first-order valence-corrected chi connectivity index (χ1v) is 17.7. The van der Waals surface area contributed by atoms with Crippen LogP contribution < -0.4 is 4.90 Å². The first kappa shape index (κ1) is 29.7. The zero-order chi connectivity index (χ0) is 32.7. The molecule has 7 aromatic rings. The van der Waals surface area contributed by atoms with E-state index >= 15 is 0 Å². The van der Waals surface area contributed by atoms with Gasteiger partial charge in [-0.15, -0.1) is 0 Å². The molecule has 0 saturated heterocycles. The zero-order valence-corrected chi connectivity index (χ0v) is 28.0. The highest BCUT2D eigenvalue weighted by molar-refractivity contribution is 7.80. The fourth-order valence-electron chi connectivity index (χ4n) is 7.76. The second-order valence-corrected chi connectivity index (χ2v) is 13.5. The Hall–Kier alpha value is -5.39. The highest BCUT2D eigenvalue weighted by atomic mass is 32.1. The van der Waals surface area contributed by atoms with Crippen LogP contribution >= 0.6 is 12.6 Å². The van der Waals surface area contributed by atoms with E-state index in [9.17, 15) is 0 Å². The van der Waals surface area contributed by atoms with Gasteiger partial charge in [0.1, 0.15) is 0 Å². The number of pyridine rings is 2. The molecule has 2 atom stereocenters. The lowest BCUT2D eigenvalue weighted by molar-refractivity contribution is 0.727. The fourth-order valence-corrected chi connectivity index (χ4v) is 7.92. The molecule has 4 nitrogen and oxygen atoms in total. The lowest BCUT2D eigenvalue weighted by Gasteiger charge is -2.30. The van der Waals surface area contributed by atoms with Gasteiger partial charge in [-0.1, -0.05) is 90.5 Å². The molecule has 5 heteroatoms. The van der Waals surface area contributed by atoms with Gasteiger partial charge >= 0.3 is 0 Å². The van der Waals surface area contributed by atoms with Gasteiger partial charge in [0.2, 0.25) is 0 Å². The van der Waals surface area contributed by atoms with E-state index in [1.807, 2.05) is 24.8 Å². The quantitative estimate of drug-likeness (QED) is 0.166. The highest BCUT2D eigenvalue weighted by Gasteiger charge is 2.38. The van der Waals surface area contributed by atoms with Crippen molar-refractivity contribution in [3.05, 3.63) is 174 Å². The Balaban J connectivity index is 0.927. The smallest absolute Gasteiger partial charge is 0.0632 e. The van der Waals surface area contributed by atoms with E-state index in [-0.39, 0.29) is 6.04 Å². The van der Waals surface area contributed by atoms with Crippen LogP contribution in [-0.4, -0.2) is 26.3 Å². The normalized spacial score (nSPS) is 16.6. The predicted octanol–water partition coefficient (Wildman–Crippen LogP) is 10.6. The van der Waals surface area contributed by atoms with E-state index in [1.54, 1.807) is 0 Å². The molecule has 0 bridgehead atoms. The Morgan fingerprint density at radius 2 is 1.33 bits per heavy atom. The summed E-state index contributed by atoms with van der Waals surface area (Å²) in [6.45, 7) is 0. The Labute approximate surface area is 292 Å². The maximum Gasteiger partial charge on any atom is 0.0632 e. The van der Waals surface area contributed by atoms with Gasteiger partial charge in [-0.25, -0.2) is 0 Å². The minimum Gasteiger partial charge on any atom is -0.333 e. The number of para-hydroxylation sites is 1. The number of anilines is 2. The summed E-state index contributed by atoms with van der Waals surface area (Å²) in [7, 11) is 0. The van der Waals surface area contributed by atoms with Crippen molar-refractivity contribution in [1.29, 1.82) is 0 Å². The maximum atomic E-state index is 4.47. The van der Waals surface area contributed by atoms with Gasteiger partial charge in [-0.05, 0) is 89.7 Å². The maximum absolute atomic E-state index is 4.47. The number of nitrogens with zero attached hydrogens (tertiary/aromatic N) is 4. The van der Waals surface area contributed by atoms with Crippen molar-refractivity contribution in [3.8, 4) is 16.8 Å². The van der Waals surface area contributed by atoms with E-state index in [2.05, 4.69) is 159 Å². The molecular formula is C44H36N4S. The SMILES string of the molecule is SCCCC1=CC2C(C=C1)c1cnccc1N2c1ccc(Cc2ccc(-c3ccc(-n4c5ccccc5c5cnccc54)cc3)cc2)cc1. The van der Waals surface area contributed by atoms with Crippen LogP contribution in [0.5, 0.6) is 0 Å². The molecule has 0 N–H and O–H groups in total. The van der Waals surface area contributed by atoms with Gasteiger partial charge in [-0.2, -0.15) is 12.6 Å². The molecule has 2 unspecified atom stereocenters. The molecule has 2 aliphatic rings. The molecule has 3 aromatic heterocycles. The molecular weight excluding hydrogens is 617 g/mol. The van der Waals surface area contributed by atoms with Crippen molar-refractivity contribution in [2.75, 3.05) is 10.7 Å². The molecule has 0 spiro atoms. The number of hydrogen-bond acceptors (Lipinski definition) is 4. The fraction of sp³-hybridized carbons (Fsp3) is 0.136. The van der Waals surface area contributed by atoms with Crippen LogP contribution in [0.2, 0.25) is 0 Å². The van der Waals surface area contributed by atoms with Crippen LogP contribution in [0.4, 0.5) is 11.4 Å². The second-order valence-electron chi connectivity index (χ2n) is 13.1. The molecule has 1 aliphatic heterocycles. The average molecular weight is 653 g/mol. The van der Waals surface area contributed by atoms with Crippen molar-refractivity contribution in [2.24, 2.45) is 0 Å². The van der Waals surface area contributed by atoms with E-state index < -0.39 is 0 Å². The van der Waals surface area contributed by atoms with E-state index in [1.165, 1.54) is 66.6 Å². The molecule has 49 heavy (non-hydrogen) atoms. The molecule has 4 heterocycles. The van der Waals surface area contributed by atoms with Crippen molar-refractivity contribution >= 4 is 45.8 Å². The first-order valence-electron chi connectivity index (χ1n) is 17.1. The Kier molecular flexibility index (Phi) is 7.63. The summed E-state index contributed by atoms with van der Waals surface area (Å²) in [6, 6.07) is 40.1. The van der Waals surface area contributed by atoms with E-state index in [4.69, 9.17) is 0 Å². The van der Waals surface area contributed by atoms with Crippen molar-refractivity contribution in [2.45, 2.75) is 31.2 Å². The molecule has 0 saturated carbocycles. The largest absolute Gasteiger partial charge is 0.333 e. The van der Waals surface area contributed by atoms with Crippen molar-refractivity contribution < 1.29 is 0 Å². The molecule has 0 radical (unpaired) electrons. The van der Waals surface area contributed by atoms with Crippen LogP contribution in [0.1, 0.15) is 35.4 Å². The zero-order valence-electron chi connectivity index (χ0n) is 27.2. The van der Waals surface area contributed by atoms with E-state index in [0.29, 0.717) is 5.92 Å². The highest BCUT2D eigenvalue weighted by Crippen LogP contribution is 2.48. The van der Waals surface area contributed by atoms with Gasteiger partial charge in [0, 0.05) is 64.1 Å². The third kappa shape index (κ3) is 5.35. The van der Waals surface area contributed by atoms with Crippen LogP contribution in [0, 0.1) is 0 Å². The third-order valence-electron chi connectivity index (χ3n) is 10.1. The lowest BCUT2D eigenvalue weighted by atomic mass is 9.88. The Morgan fingerprint density at radius 3 is 2.12 bits per heavy atom. The summed E-state index contributed by atoms with van der Waals surface area (Å²) in [6.07, 6.45) is 18.0. The number of rotatable bonds is 8. The van der Waals surface area contributed by atoms with Gasteiger partial charge in [-0.3, -0.25) is 9.97 Å². The molecule has 238 valence electrons. The first-order chi connectivity index (χ1) is 24.2. The standard InChI is InChI=1S/C44H36N4S/c49-25-3-4-30-11-20-38-40-29-46-24-22-43(40)48(44(38)27-30)35-16-9-32(10-17-35)26-31-7-12-33(13-8-31)34-14-18-36(19-15-34)47-41-6-2-1-5-37(41)39-28-45-23-21-42(39)47/h1-2,5-24,27-29,38,44,49H,3-4,25-26H2. The minimum atomic E-state index is 0.269. The van der Waals surface area contributed by atoms with Gasteiger partial charge in [0.05, 0.1) is 17.1 Å². The van der Waals surface area contributed by atoms with Crippen LogP contribution in [0.15, 0.2) is 158 Å². The monoisotopic (exact) mass is 652 g/mol. The molecule has 1 aliphatic carbocycles.